The number of carbonyl (C=O) groups is 1. The van der Waals surface area contributed by atoms with E-state index >= 15 is 0 Å². The number of nitrogens with zero attached hydrogens (tertiary/aromatic N) is 1. The SMILES string of the molecule is NCCc1ccccc1C(=O)N1CCc2ccccc21. The second-order valence-electron chi connectivity index (χ2n) is 5.03. The highest BCUT2D eigenvalue weighted by molar-refractivity contribution is 6.08. The quantitative estimate of drug-likeness (QED) is 0.927. The third-order valence-electron chi connectivity index (χ3n) is 3.79. The molecule has 20 heavy (non-hydrogen) atoms. The molecule has 3 rings (SSSR count). The van der Waals surface area contributed by atoms with E-state index in [1.807, 2.05) is 47.4 Å². The zero-order chi connectivity index (χ0) is 13.9. The summed E-state index contributed by atoms with van der Waals surface area (Å²) < 4.78 is 0. The van der Waals surface area contributed by atoms with Crippen LogP contribution in [0.1, 0.15) is 21.5 Å². The molecule has 0 atom stereocenters. The van der Waals surface area contributed by atoms with Gasteiger partial charge in [0.15, 0.2) is 0 Å². The normalized spacial score (nSPS) is 13.3. The number of para-hydroxylation sites is 1. The Morgan fingerprint density at radius 1 is 1.10 bits per heavy atom. The van der Waals surface area contributed by atoms with E-state index in [1.54, 1.807) is 0 Å². The van der Waals surface area contributed by atoms with E-state index in [1.165, 1.54) is 5.56 Å². The third kappa shape index (κ3) is 2.21. The Labute approximate surface area is 119 Å². The molecule has 3 nitrogen and oxygen atoms in total. The van der Waals surface area contributed by atoms with Crippen LogP contribution in [0.5, 0.6) is 0 Å². The Morgan fingerprint density at radius 3 is 2.70 bits per heavy atom. The van der Waals surface area contributed by atoms with Crippen molar-refractivity contribution in [1.82, 2.24) is 0 Å². The lowest BCUT2D eigenvalue weighted by atomic mass is 10.0. The summed E-state index contributed by atoms with van der Waals surface area (Å²) in [5.74, 6) is 0.0824. The lowest BCUT2D eigenvalue weighted by Crippen LogP contribution is -2.30. The molecule has 0 bridgehead atoms. The molecule has 1 aliphatic heterocycles. The molecular formula is C17H18N2O. The molecule has 1 amide bonds. The Bertz CT molecular complexity index is 636. The van der Waals surface area contributed by atoms with Crippen molar-refractivity contribution >= 4 is 11.6 Å². The van der Waals surface area contributed by atoms with E-state index in [0.29, 0.717) is 6.54 Å². The standard InChI is InChI=1S/C17H18N2O/c18-11-9-13-5-1-3-7-15(13)17(20)19-12-10-14-6-2-4-8-16(14)19/h1-8H,9-12,18H2. The molecule has 0 saturated heterocycles. The molecule has 0 spiro atoms. The highest BCUT2D eigenvalue weighted by atomic mass is 16.2. The summed E-state index contributed by atoms with van der Waals surface area (Å²) in [6.45, 7) is 1.32. The minimum atomic E-state index is 0.0824. The second kappa shape index (κ2) is 5.47. The Kier molecular flexibility index (Phi) is 3.52. The lowest BCUT2D eigenvalue weighted by Gasteiger charge is -2.19. The molecule has 0 radical (unpaired) electrons. The van der Waals surface area contributed by atoms with Crippen LogP contribution < -0.4 is 10.6 Å². The van der Waals surface area contributed by atoms with Crippen LogP contribution in [0.3, 0.4) is 0 Å². The molecule has 0 unspecified atom stereocenters. The molecule has 3 heteroatoms. The van der Waals surface area contributed by atoms with Crippen molar-refractivity contribution < 1.29 is 4.79 Å². The first-order valence-electron chi connectivity index (χ1n) is 6.99. The minimum Gasteiger partial charge on any atom is -0.330 e. The van der Waals surface area contributed by atoms with Gasteiger partial charge in [-0.15, -0.1) is 0 Å². The van der Waals surface area contributed by atoms with Crippen LogP contribution >= 0.6 is 0 Å². The maximum atomic E-state index is 12.8. The molecule has 0 saturated carbocycles. The summed E-state index contributed by atoms with van der Waals surface area (Å²) in [7, 11) is 0. The average Bonchev–Trinajstić information content (AvgIpc) is 2.91. The molecule has 2 N–H and O–H groups in total. The van der Waals surface area contributed by atoms with Crippen LogP contribution in [0.15, 0.2) is 48.5 Å². The van der Waals surface area contributed by atoms with Crippen molar-refractivity contribution in [1.29, 1.82) is 0 Å². The first-order valence-corrected chi connectivity index (χ1v) is 6.99. The fourth-order valence-electron chi connectivity index (χ4n) is 2.80. The molecule has 0 aliphatic carbocycles. The number of carbonyl (C=O) groups excluding carboxylic acids is 1. The maximum Gasteiger partial charge on any atom is 0.258 e. The molecule has 1 aliphatic rings. The zero-order valence-corrected chi connectivity index (χ0v) is 11.4. The van der Waals surface area contributed by atoms with Gasteiger partial charge in [0, 0.05) is 17.8 Å². The number of fused-ring (bicyclic) bond motifs is 1. The monoisotopic (exact) mass is 266 g/mol. The topological polar surface area (TPSA) is 46.3 Å². The maximum absolute atomic E-state index is 12.8. The van der Waals surface area contributed by atoms with E-state index < -0.39 is 0 Å². The third-order valence-corrected chi connectivity index (χ3v) is 3.79. The molecule has 102 valence electrons. The van der Waals surface area contributed by atoms with Crippen LogP contribution in [0.25, 0.3) is 0 Å². The number of hydrogen-bond acceptors (Lipinski definition) is 2. The molecule has 0 fully saturated rings. The molecule has 1 heterocycles. The van der Waals surface area contributed by atoms with Gasteiger partial charge in [-0.1, -0.05) is 36.4 Å². The van der Waals surface area contributed by atoms with Gasteiger partial charge in [0.25, 0.3) is 5.91 Å². The van der Waals surface area contributed by atoms with Crippen molar-refractivity contribution in [2.24, 2.45) is 5.73 Å². The van der Waals surface area contributed by atoms with Crippen LogP contribution in [0.4, 0.5) is 5.69 Å². The van der Waals surface area contributed by atoms with Crippen molar-refractivity contribution in [3.8, 4) is 0 Å². The van der Waals surface area contributed by atoms with Gasteiger partial charge in [0.05, 0.1) is 0 Å². The fraction of sp³-hybridized carbons (Fsp3) is 0.235. The highest BCUT2D eigenvalue weighted by Crippen LogP contribution is 2.29. The van der Waals surface area contributed by atoms with Crippen LogP contribution in [-0.4, -0.2) is 19.0 Å². The lowest BCUT2D eigenvalue weighted by molar-refractivity contribution is 0.0988. The first kappa shape index (κ1) is 12.9. The van der Waals surface area contributed by atoms with Gasteiger partial charge in [0.1, 0.15) is 0 Å². The van der Waals surface area contributed by atoms with Crippen LogP contribution in [-0.2, 0) is 12.8 Å². The van der Waals surface area contributed by atoms with Gasteiger partial charge < -0.3 is 10.6 Å². The summed E-state index contributed by atoms with van der Waals surface area (Å²) in [4.78, 5) is 14.7. The number of rotatable bonds is 3. The van der Waals surface area contributed by atoms with Gasteiger partial charge in [-0.05, 0) is 42.6 Å². The number of nitrogens with two attached hydrogens (primary N) is 1. The van der Waals surface area contributed by atoms with Crippen LogP contribution in [0.2, 0.25) is 0 Å². The average molecular weight is 266 g/mol. The highest BCUT2D eigenvalue weighted by Gasteiger charge is 2.26. The number of hydrogen-bond donors (Lipinski definition) is 1. The smallest absolute Gasteiger partial charge is 0.258 e. The molecule has 0 aromatic heterocycles. The van der Waals surface area contributed by atoms with Gasteiger partial charge in [0.2, 0.25) is 0 Å². The van der Waals surface area contributed by atoms with Crippen molar-refractivity contribution in [3.05, 3.63) is 65.2 Å². The predicted octanol–water partition coefficient (Wildman–Crippen LogP) is 2.39. The van der Waals surface area contributed by atoms with Crippen molar-refractivity contribution in [3.63, 3.8) is 0 Å². The Balaban J connectivity index is 1.95. The van der Waals surface area contributed by atoms with E-state index in [2.05, 4.69) is 6.07 Å². The zero-order valence-electron chi connectivity index (χ0n) is 11.4. The molecule has 2 aromatic rings. The van der Waals surface area contributed by atoms with E-state index in [4.69, 9.17) is 5.73 Å². The van der Waals surface area contributed by atoms with E-state index in [9.17, 15) is 4.79 Å². The first-order chi connectivity index (χ1) is 9.81. The summed E-state index contributed by atoms with van der Waals surface area (Å²) in [5, 5.41) is 0. The van der Waals surface area contributed by atoms with Crippen LogP contribution in [0, 0.1) is 0 Å². The van der Waals surface area contributed by atoms with Gasteiger partial charge in [-0.3, -0.25) is 4.79 Å². The molecule has 2 aromatic carbocycles. The van der Waals surface area contributed by atoms with Gasteiger partial charge in [-0.2, -0.15) is 0 Å². The Hall–Kier alpha value is -2.13. The number of anilines is 1. The molecular weight excluding hydrogens is 248 g/mol. The Morgan fingerprint density at radius 2 is 1.85 bits per heavy atom. The number of benzene rings is 2. The fourth-order valence-corrected chi connectivity index (χ4v) is 2.80. The predicted molar refractivity (Wildman–Crippen MR) is 81.0 cm³/mol. The second-order valence-corrected chi connectivity index (χ2v) is 5.03. The van der Waals surface area contributed by atoms with E-state index in [-0.39, 0.29) is 5.91 Å². The summed E-state index contributed by atoms with van der Waals surface area (Å²) >= 11 is 0. The van der Waals surface area contributed by atoms with Gasteiger partial charge >= 0.3 is 0 Å². The minimum absolute atomic E-state index is 0.0824. The number of amides is 1. The summed E-state index contributed by atoms with van der Waals surface area (Å²) in [5.41, 5.74) is 9.73. The van der Waals surface area contributed by atoms with E-state index in [0.717, 1.165) is 36.2 Å². The largest absolute Gasteiger partial charge is 0.330 e. The summed E-state index contributed by atoms with van der Waals surface area (Å²) in [6.07, 6.45) is 1.67. The van der Waals surface area contributed by atoms with Gasteiger partial charge in [-0.25, -0.2) is 0 Å². The van der Waals surface area contributed by atoms with Crippen molar-refractivity contribution in [2.45, 2.75) is 12.8 Å². The van der Waals surface area contributed by atoms with Crippen molar-refractivity contribution in [2.75, 3.05) is 18.0 Å². The summed E-state index contributed by atoms with van der Waals surface area (Å²) in [6, 6.07) is 15.9.